The van der Waals surface area contributed by atoms with Crippen LogP contribution in [0.4, 0.5) is 0 Å². The fraction of sp³-hybridized carbons (Fsp3) is 0.125. The molecule has 0 aromatic heterocycles. The van der Waals surface area contributed by atoms with E-state index in [1.807, 2.05) is 30.3 Å². The number of carbonyl (C=O) groups is 2. The summed E-state index contributed by atoms with van der Waals surface area (Å²) in [5.74, 6) is -1.20. The van der Waals surface area contributed by atoms with Crippen LogP contribution in [0.2, 0.25) is 0 Å². The summed E-state index contributed by atoms with van der Waals surface area (Å²) >= 11 is 0. The van der Waals surface area contributed by atoms with Crippen LogP contribution in [0.1, 0.15) is 22.3 Å². The molecule has 102 valence electrons. The lowest BCUT2D eigenvalue weighted by Crippen LogP contribution is -2.09. The van der Waals surface area contributed by atoms with Gasteiger partial charge in [0, 0.05) is 0 Å². The average molecular weight is 270 g/mol. The Bertz CT molecular complexity index is 605. The standard InChI is InChI=1S/C16H14O4/c17-14(10-16(18)19)13-8-4-5-9-15(13)20-11-12-6-2-1-3-7-12/h1-9H,10-11H2,(H,18,19). The molecule has 20 heavy (non-hydrogen) atoms. The minimum atomic E-state index is -1.15. The van der Waals surface area contributed by atoms with Crippen molar-refractivity contribution in [2.75, 3.05) is 0 Å². The van der Waals surface area contributed by atoms with E-state index in [-0.39, 0.29) is 0 Å². The van der Waals surface area contributed by atoms with Gasteiger partial charge in [-0.05, 0) is 17.7 Å². The first kappa shape index (κ1) is 13.8. The van der Waals surface area contributed by atoms with Gasteiger partial charge in [0.15, 0.2) is 5.78 Å². The molecule has 0 heterocycles. The van der Waals surface area contributed by atoms with E-state index in [0.717, 1.165) is 5.56 Å². The van der Waals surface area contributed by atoms with E-state index in [2.05, 4.69) is 0 Å². The normalized spacial score (nSPS) is 10.0. The maximum absolute atomic E-state index is 11.8. The second-order valence-electron chi connectivity index (χ2n) is 4.26. The number of ketones is 1. The van der Waals surface area contributed by atoms with Gasteiger partial charge in [-0.3, -0.25) is 9.59 Å². The summed E-state index contributed by atoms with van der Waals surface area (Å²) < 4.78 is 5.61. The summed E-state index contributed by atoms with van der Waals surface area (Å²) in [5, 5.41) is 8.68. The third kappa shape index (κ3) is 3.68. The quantitative estimate of drug-likeness (QED) is 0.647. The van der Waals surface area contributed by atoms with Crippen LogP contribution in [0.3, 0.4) is 0 Å². The Hall–Kier alpha value is -2.62. The fourth-order valence-corrected chi connectivity index (χ4v) is 1.79. The topological polar surface area (TPSA) is 63.6 Å². The molecule has 1 N–H and O–H groups in total. The summed E-state index contributed by atoms with van der Waals surface area (Å²) in [7, 11) is 0. The number of hydrogen-bond donors (Lipinski definition) is 1. The first-order valence-corrected chi connectivity index (χ1v) is 6.17. The van der Waals surface area contributed by atoms with Crippen LogP contribution in [-0.2, 0) is 11.4 Å². The van der Waals surface area contributed by atoms with Gasteiger partial charge in [0.1, 0.15) is 18.8 Å². The van der Waals surface area contributed by atoms with Crippen molar-refractivity contribution < 1.29 is 19.4 Å². The fourth-order valence-electron chi connectivity index (χ4n) is 1.79. The van der Waals surface area contributed by atoms with E-state index >= 15 is 0 Å². The van der Waals surface area contributed by atoms with E-state index in [4.69, 9.17) is 9.84 Å². The Morgan fingerprint density at radius 3 is 2.30 bits per heavy atom. The zero-order chi connectivity index (χ0) is 14.4. The number of rotatable bonds is 6. The number of carboxylic acids is 1. The molecule has 0 spiro atoms. The zero-order valence-electron chi connectivity index (χ0n) is 10.8. The van der Waals surface area contributed by atoms with Crippen molar-refractivity contribution in [2.45, 2.75) is 13.0 Å². The zero-order valence-corrected chi connectivity index (χ0v) is 10.8. The highest BCUT2D eigenvalue weighted by Gasteiger charge is 2.15. The Morgan fingerprint density at radius 2 is 1.60 bits per heavy atom. The Kier molecular flexibility index (Phi) is 4.50. The summed E-state index contributed by atoms with van der Waals surface area (Å²) in [4.78, 5) is 22.4. The SMILES string of the molecule is O=C(O)CC(=O)c1ccccc1OCc1ccccc1. The molecule has 4 heteroatoms. The molecular weight excluding hydrogens is 256 g/mol. The van der Waals surface area contributed by atoms with E-state index in [9.17, 15) is 9.59 Å². The largest absolute Gasteiger partial charge is 0.488 e. The van der Waals surface area contributed by atoms with Gasteiger partial charge in [-0.1, -0.05) is 42.5 Å². The van der Waals surface area contributed by atoms with Gasteiger partial charge in [-0.15, -0.1) is 0 Å². The first-order chi connectivity index (χ1) is 9.66. The number of benzene rings is 2. The summed E-state index contributed by atoms with van der Waals surface area (Å²) in [5.41, 5.74) is 1.28. The van der Waals surface area contributed by atoms with Gasteiger partial charge in [0.05, 0.1) is 5.56 Å². The average Bonchev–Trinajstić information content (AvgIpc) is 2.46. The van der Waals surface area contributed by atoms with Crippen molar-refractivity contribution in [1.82, 2.24) is 0 Å². The number of carboxylic acid groups (broad SMARTS) is 1. The van der Waals surface area contributed by atoms with Crippen LogP contribution in [0.5, 0.6) is 5.75 Å². The van der Waals surface area contributed by atoms with Crippen LogP contribution in [0.15, 0.2) is 54.6 Å². The monoisotopic (exact) mass is 270 g/mol. The lowest BCUT2D eigenvalue weighted by atomic mass is 10.1. The number of Topliss-reactive ketones (excluding diaryl/α,β-unsaturated/α-hetero) is 1. The third-order valence-corrected chi connectivity index (χ3v) is 2.74. The molecule has 2 aromatic rings. The Morgan fingerprint density at radius 1 is 0.950 bits per heavy atom. The van der Waals surface area contributed by atoms with Crippen LogP contribution in [0, 0.1) is 0 Å². The molecule has 0 amide bonds. The van der Waals surface area contributed by atoms with Crippen molar-refractivity contribution in [3.05, 3.63) is 65.7 Å². The molecule has 0 bridgehead atoms. The predicted octanol–water partition coefficient (Wildman–Crippen LogP) is 2.92. The highest BCUT2D eigenvalue weighted by molar-refractivity contribution is 6.07. The van der Waals surface area contributed by atoms with Gasteiger partial charge in [0.2, 0.25) is 0 Å². The number of carbonyl (C=O) groups excluding carboxylic acids is 1. The number of para-hydroxylation sites is 1. The molecule has 0 radical (unpaired) electrons. The molecule has 0 atom stereocenters. The molecule has 2 rings (SSSR count). The van der Waals surface area contributed by atoms with Crippen LogP contribution in [-0.4, -0.2) is 16.9 Å². The predicted molar refractivity (Wildman–Crippen MR) is 73.8 cm³/mol. The number of ether oxygens (including phenoxy) is 1. The molecule has 0 aliphatic heterocycles. The van der Waals surface area contributed by atoms with Gasteiger partial charge < -0.3 is 9.84 Å². The van der Waals surface area contributed by atoms with Crippen molar-refractivity contribution in [3.63, 3.8) is 0 Å². The molecule has 0 aliphatic carbocycles. The minimum Gasteiger partial charge on any atom is -0.488 e. The maximum atomic E-state index is 11.8. The smallest absolute Gasteiger partial charge is 0.311 e. The Labute approximate surface area is 116 Å². The van der Waals surface area contributed by atoms with E-state index < -0.39 is 18.2 Å². The molecule has 0 aliphatic rings. The van der Waals surface area contributed by atoms with Crippen molar-refractivity contribution in [1.29, 1.82) is 0 Å². The van der Waals surface area contributed by atoms with Crippen LogP contribution >= 0.6 is 0 Å². The summed E-state index contributed by atoms with van der Waals surface area (Å²) in [6, 6.07) is 16.2. The molecule has 0 fully saturated rings. The third-order valence-electron chi connectivity index (χ3n) is 2.74. The Balaban J connectivity index is 2.12. The minimum absolute atomic E-state index is 0.297. The van der Waals surface area contributed by atoms with Gasteiger partial charge in [-0.25, -0.2) is 0 Å². The summed E-state index contributed by atoms with van der Waals surface area (Å²) in [6.45, 7) is 0.332. The number of hydrogen-bond acceptors (Lipinski definition) is 3. The summed E-state index contributed by atoms with van der Waals surface area (Å²) in [6.07, 6.45) is -0.536. The maximum Gasteiger partial charge on any atom is 0.311 e. The molecule has 4 nitrogen and oxygen atoms in total. The van der Waals surface area contributed by atoms with Gasteiger partial charge in [-0.2, -0.15) is 0 Å². The van der Waals surface area contributed by atoms with Crippen LogP contribution in [0.25, 0.3) is 0 Å². The van der Waals surface area contributed by atoms with E-state index in [1.165, 1.54) is 0 Å². The van der Waals surface area contributed by atoms with Crippen molar-refractivity contribution >= 4 is 11.8 Å². The van der Waals surface area contributed by atoms with Crippen LogP contribution < -0.4 is 4.74 Å². The molecule has 0 saturated carbocycles. The second-order valence-corrected chi connectivity index (χ2v) is 4.26. The van der Waals surface area contributed by atoms with E-state index in [1.54, 1.807) is 24.3 Å². The molecule has 2 aromatic carbocycles. The van der Waals surface area contributed by atoms with E-state index in [0.29, 0.717) is 17.9 Å². The molecule has 0 unspecified atom stereocenters. The lowest BCUT2D eigenvalue weighted by molar-refractivity contribution is -0.135. The van der Waals surface area contributed by atoms with Crippen molar-refractivity contribution in [2.24, 2.45) is 0 Å². The van der Waals surface area contributed by atoms with Gasteiger partial charge in [0.25, 0.3) is 0 Å². The second kappa shape index (κ2) is 6.52. The molecule has 0 saturated heterocycles. The molecular formula is C16H14O4. The number of aliphatic carboxylic acids is 1. The van der Waals surface area contributed by atoms with Gasteiger partial charge >= 0.3 is 5.97 Å². The lowest BCUT2D eigenvalue weighted by Gasteiger charge is -2.10. The van der Waals surface area contributed by atoms with Crippen molar-refractivity contribution in [3.8, 4) is 5.75 Å². The highest BCUT2D eigenvalue weighted by atomic mass is 16.5. The first-order valence-electron chi connectivity index (χ1n) is 6.17. The highest BCUT2D eigenvalue weighted by Crippen LogP contribution is 2.21.